The monoisotopic (exact) mass is 324 g/mol. The molecule has 1 aromatic carbocycles. The van der Waals surface area contributed by atoms with Crippen molar-refractivity contribution < 1.29 is 9.18 Å². The molecule has 3 nitrogen and oxygen atoms in total. The molecule has 0 bridgehead atoms. The summed E-state index contributed by atoms with van der Waals surface area (Å²) in [5, 5.41) is 2.58. The highest BCUT2D eigenvalue weighted by molar-refractivity contribution is 9.10. The lowest BCUT2D eigenvalue weighted by Crippen LogP contribution is -2.45. The van der Waals surface area contributed by atoms with Crippen molar-refractivity contribution in [2.75, 3.05) is 6.54 Å². The molecule has 0 heterocycles. The minimum absolute atomic E-state index is 0. The summed E-state index contributed by atoms with van der Waals surface area (Å²) < 4.78 is 14.0. The average molecular weight is 326 g/mol. The van der Waals surface area contributed by atoms with Crippen molar-refractivity contribution in [3.63, 3.8) is 0 Å². The van der Waals surface area contributed by atoms with Gasteiger partial charge in [-0.25, -0.2) is 4.39 Å². The molecule has 1 aromatic rings. The van der Waals surface area contributed by atoms with Crippen LogP contribution in [-0.2, 0) is 0 Å². The van der Waals surface area contributed by atoms with Gasteiger partial charge in [-0.15, -0.1) is 12.4 Å². The highest BCUT2D eigenvalue weighted by Crippen LogP contribution is 2.15. The van der Waals surface area contributed by atoms with E-state index in [2.05, 4.69) is 21.2 Å². The number of amides is 1. The average Bonchev–Trinajstić information content (AvgIpc) is 2.17. The van der Waals surface area contributed by atoms with Gasteiger partial charge in [0.15, 0.2) is 0 Å². The Balaban J connectivity index is 0.00000256. The van der Waals surface area contributed by atoms with Crippen LogP contribution >= 0.6 is 28.3 Å². The topological polar surface area (TPSA) is 55.1 Å². The van der Waals surface area contributed by atoms with Crippen molar-refractivity contribution in [2.24, 2.45) is 5.73 Å². The van der Waals surface area contributed by atoms with E-state index < -0.39 is 17.3 Å². The van der Waals surface area contributed by atoms with Crippen molar-refractivity contribution in [1.82, 2.24) is 5.32 Å². The Kier molecular flexibility index (Phi) is 6.09. The van der Waals surface area contributed by atoms with Crippen LogP contribution in [0.2, 0.25) is 0 Å². The lowest BCUT2D eigenvalue weighted by molar-refractivity contribution is 0.0942. The Hall–Kier alpha value is -0.650. The SMILES string of the molecule is CC(C)(N)CNC(=O)c1cc(Br)ccc1F.Cl. The number of carbonyl (C=O) groups is 1. The van der Waals surface area contributed by atoms with E-state index in [1.54, 1.807) is 19.9 Å². The molecule has 1 amide bonds. The number of benzene rings is 1. The molecule has 6 heteroatoms. The third-order valence-electron chi connectivity index (χ3n) is 1.88. The molecule has 0 aliphatic carbocycles. The predicted molar refractivity (Wildman–Crippen MR) is 71.9 cm³/mol. The van der Waals surface area contributed by atoms with Crippen LogP contribution < -0.4 is 11.1 Å². The Labute approximate surface area is 114 Å². The summed E-state index contributed by atoms with van der Waals surface area (Å²) in [6.45, 7) is 3.85. The summed E-state index contributed by atoms with van der Waals surface area (Å²) in [5.74, 6) is -1.01. The van der Waals surface area contributed by atoms with Gasteiger partial charge < -0.3 is 11.1 Å². The van der Waals surface area contributed by atoms with Gasteiger partial charge in [-0.1, -0.05) is 15.9 Å². The third kappa shape index (κ3) is 5.48. The van der Waals surface area contributed by atoms with Crippen molar-refractivity contribution in [3.8, 4) is 0 Å². The predicted octanol–water partition coefficient (Wildman–Crippen LogP) is 2.48. The minimum Gasteiger partial charge on any atom is -0.350 e. The van der Waals surface area contributed by atoms with Gasteiger partial charge in [-0.05, 0) is 32.0 Å². The number of halogens is 3. The minimum atomic E-state index is -0.546. The molecule has 0 saturated carbocycles. The van der Waals surface area contributed by atoms with Gasteiger partial charge in [0.25, 0.3) is 5.91 Å². The quantitative estimate of drug-likeness (QED) is 0.897. The lowest BCUT2D eigenvalue weighted by Gasteiger charge is -2.19. The summed E-state index contributed by atoms with van der Waals surface area (Å²) in [6, 6.07) is 4.22. The van der Waals surface area contributed by atoms with Gasteiger partial charge in [-0.2, -0.15) is 0 Å². The standard InChI is InChI=1S/C11H14BrFN2O.ClH/c1-11(2,14)6-15-10(16)8-5-7(12)3-4-9(8)13;/h3-5H,6,14H2,1-2H3,(H,15,16);1H. The summed E-state index contributed by atoms with van der Waals surface area (Å²) >= 11 is 3.18. The maximum atomic E-state index is 13.3. The highest BCUT2D eigenvalue weighted by atomic mass is 79.9. The van der Waals surface area contributed by atoms with Crippen molar-refractivity contribution in [1.29, 1.82) is 0 Å². The highest BCUT2D eigenvalue weighted by Gasteiger charge is 2.16. The van der Waals surface area contributed by atoms with Crippen molar-refractivity contribution in [3.05, 3.63) is 34.1 Å². The van der Waals surface area contributed by atoms with Crippen LogP contribution in [0.3, 0.4) is 0 Å². The molecule has 0 saturated heterocycles. The smallest absolute Gasteiger partial charge is 0.254 e. The number of carbonyl (C=O) groups excluding carboxylic acids is 1. The molecule has 0 aliphatic heterocycles. The van der Waals surface area contributed by atoms with Crippen molar-refractivity contribution >= 4 is 34.2 Å². The number of hydrogen-bond donors (Lipinski definition) is 2. The fraction of sp³-hybridized carbons (Fsp3) is 0.364. The second-order valence-corrected chi connectivity index (χ2v) is 5.21. The molecule has 0 unspecified atom stereocenters. The molecule has 0 aromatic heterocycles. The number of rotatable bonds is 3. The van der Waals surface area contributed by atoms with E-state index in [-0.39, 0.29) is 24.5 Å². The molecule has 0 spiro atoms. The van der Waals surface area contributed by atoms with E-state index in [1.807, 2.05) is 0 Å². The molecule has 1 rings (SSSR count). The number of nitrogens with one attached hydrogen (secondary N) is 1. The zero-order valence-corrected chi connectivity index (χ0v) is 12.0. The summed E-state index contributed by atoms with van der Waals surface area (Å²) in [5.41, 5.74) is 5.21. The third-order valence-corrected chi connectivity index (χ3v) is 2.37. The molecule has 3 N–H and O–H groups in total. The first-order chi connectivity index (χ1) is 7.29. The second kappa shape index (κ2) is 6.33. The fourth-order valence-corrected chi connectivity index (χ4v) is 1.44. The normalized spacial score (nSPS) is 10.6. The molecular formula is C11H15BrClFN2O. The zero-order valence-electron chi connectivity index (χ0n) is 9.59. The van der Waals surface area contributed by atoms with Gasteiger partial charge in [0.2, 0.25) is 0 Å². The van der Waals surface area contributed by atoms with E-state index in [0.717, 1.165) is 0 Å². The van der Waals surface area contributed by atoms with Crippen LogP contribution in [0.1, 0.15) is 24.2 Å². The van der Waals surface area contributed by atoms with E-state index in [9.17, 15) is 9.18 Å². The molecular weight excluding hydrogens is 310 g/mol. The molecule has 17 heavy (non-hydrogen) atoms. The first-order valence-electron chi connectivity index (χ1n) is 4.82. The fourth-order valence-electron chi connectivity index (χ4n) is 1.07. The Bertz CT molecular complexity index is 407. The molecule has 0 atom stereocenters. The van der Waals surface area contributed by atoms with Gasteiger partial charge >= 0.3 is 0 Å². The van der Waals surface area contributed by atoms with Crippen LogP contribution in [-0.4, -0.2) is 18.0 Å². The van der Waals surface area contributed by atoms with Crippen LogP contribution in [0.4, 0.5) is 4.39 Å². The first-order valence-corrected chi connectivity index (χ1v) is 5.61. The summed E-state index contributed by atoms with van der Waals surface area (Å²) in [4.78, 5) is 11.6. The largest absolute Gasteiger partial charge is 0.350 e. The Morgan fingerprint density at radius 2 is 2.12 bits per heavy atom. The molecule has 0 fully saturated rings. The molecule has 0 radical (unpaired) electrons. The first kappa shape index (κ1) is 16.4. The maximum Gasteiger partial charge on any atom is 0.254 e. The van der Waals surface area contributed by atoms with Crippen LogP contribution in [0.15, 0.2) is 22.7 Å². The summed E-state index contributed by atoms with van der Waals surface area (Å²) in [7, 11) is 0. The van der Waals surface area contributed by atoms with E-state index in [0.29, 0.717) is 4.47 Å². The molecule has 0 aliphatic rings. The molecule has 96 valence electrons. The summed E-state index contributed by atoms with van der Waals surface area (Å²) in [6.07, 6.45) is 0. The van der Waals surface area contributed by atoms with E-state index >= 15 is 0 Å². The Morgan fingerprint density at radius 3 is 2.65 bits per heavy atom. The Morgan fingerprint density at radius 1 is 1.53 bits per heavy atom. The van der Waals surface area contributed by atoms with Crippen LogP contribution in [0.5, 0.6) is 0 Å². The van der Waals surface area contributed by atoms with Gasteiger partial charge in [0.05, 0.1) is 5.56 Å². The lowest BCUT2D eigenvalue weighted by atomic mass is 10.1. The van der Waals surface area contributed by atoms with Crippen LogP contribution in [0, 0.1) is 5.82 Å². The maximum absolute atomic E-state index is 13.3. The second-order valence-electron chi connectivity index (χ2n) is 4.30. The van der Waals surface area contributed by atoms with Gasteiger partial charge in [-0.3, -0.25) is 4.79 Å². The van der Waals surface area contributed by atoms with Gasteiger partial charge in [0.1, 0.15) is 5.82 Å². The van der Waals surface area contributed by atoms with E-state index in [4.69, 9.17) is 5.73 Å². The number of hydrogen-bond acceptors (Lipinski definition) is 2. The number of nitrogens with two attached hydrogens (primary N) is 1. The zero-order chi connectivity index (χ0) is 12.3. The van der Waals surface area contributed by atoms with E-state index in [1.165, 1.54) is 12.1 Å². The van der Waals surface area contributed by atoms with Crippen molar-refractivity contribution in [2.45, 2.75) is 19.4 Å². The van der Waals surface area contributed by atoms with Crippen LogP contribution in [0.25, 0.3) is 0 Å². The van der Waals surface area contributed by atoms with Gasteiger partial charge in [0, 0.05) is 16.6 Å².